The van der Waals surface area contributed by atoms with Gasteiger partial charge >= 0.3 is 0 Å². The smallest absolute Gasteiger partial charge is 0.206 e. The topological polar surface area (TPSA) is 3.24 Å². The first-order chi connectivity index (χ1) is 11.4. The summed E-state index contributed by atoms with van der Waals surface area (Å²) in [5, 5.41) is -0.0632. The minimum Gasteiger partial charge on any atom is -0.349 e. The van der Waals surface area contributed by atoms with E-state index < -0.39 is 0 Å². The van der Waals surface area contributed by atoms with Crippen molar-refractivity contribution in [1.29, 1.82) is 0 Å². The van der Waals surface area contributed by atoms with E-state index in [1.54, 1.807) is 0 Å². The maximum atomic E-state index is 6.53. The monoisotopic (exact) mass is 355 g/mol. The fourth-order valence-corrected chi connectivity index (χ4v) is 4.72. The van der Waals surface area contributed by atoms with Crippen molar-refractivity contribution in [2.24, 2.45) is 10.8 Å². The van der Waals surface area contributed by atoms with E-state index in [4.69, 9.17) is 7.85 Å². The molecule has 0 aliphatic heterocycles. The van der Waals surface area contributed by atoms with Crippen molar-refractivity contribution < 1.29 is 0 Å². The third kappa shape index (κ3) is 6.68. The molecule has 0 aliphatic rings. The zero-order valence-electron chi connectivity index (χ0n) is 20.3. The third-order valence-corrected chi connectivity index (χ3v) is 7.22. The lowest BCUT2D eigenvalue weighted by molar-refractivity contribution is 0.0510. The van der Waals surface area contributed by atoms with Gasteiger partial charge in [-0.2, -0.15) is 0 Å². The van der Waals surface area contributed by atoms with Crippen LogP contribution in [0.25, 0.3) is 0 Å². The van der Waals surface area contributed by atoms with Crippen molar-refractivity contribution in [3.63, 3.8) is 0 Å². The molecule has 1 atom stereocenters. The maximum absolute atomic E-state index is 6.53. The van der Waals surface area contributed by atoms with Crippen molar-refractivity contribution in [1.82, 2.24) is 4.81 Å². The summed E-state index contributed by atoms with van der Waals surface area (Å²) in [4.78, 5) is 2.41. The van der Waals surface area contributed by atoms with Crippen LogP contribution in [0.2, 0.25) is 28.4 Å². The molecule has 0 saturated carbocycles. The molecule has 0 amide bonds. The first-order valence-electron chi connectivity index (χ1n) is 10.6. The molecule has 0 rings (SSSR count). The normalized spacial score (nSPS) is 15.3. The van der Waals surface area contributed by atoms with Crippen LogP contribution in [0.3, 0.4) is 0 Å². The van der Waals surface area contributed by atoms with Gasteiger partial charge in [0, 0.05) is 0 Å². The molecule has 0 aromatic heterocycles. The standard InChI is InChI=1S/C21H45B4N/c1-14-25(17(4)23-16(2)3)21(11,12)24-26(13)15-18(5,6)19(7,8)20(9,10)22/h16-17H,14-15H2,1-13H3. The molecule has 0 aromatic rings. The minimum atomic E-state index is -0.223. The van der Waals surface area contributed by atoms with Gasteiger partial charge in [0.15, 0.2) is 0 Å². The van der Waals surface area contributed by atoms with Gasteiger partial charge in [-0.25, -0.2) is 0 Å². The second kappa shape index (κ2) is 9.15. The Labute approximate surface area is 170 Å². The van der Waals surface area contributed by atoms with Gasteiger partial charge in [-0.05, 0) is 24.4 Å². The van der Waals surface area contributed by atoms with Crippen LogP contribution in [0.1, 0.15) is 83.1 Å². The molecule has 1 unspecified atom stereocenters. The van der Waals surface area contributed by atoms with Gasteiger partial charge < -0.3 is 4.81 Å². The molecule has 1 nitrogen and oxygen atoms in total. The van der Waals surface area contributed by atoms with Gasteiger partial charge in [-0.3, -0.25) is 0 Å². The van der Waals surface area contributed by atoms with Crippen LogP contribution < -0.4 is 0 Å². The lowest BCUT2D eigenvalue weighted by atomic mass is 9.14. The summed E-state index contributed by atoms with van der Waals surface area (Å²) in [6.07, 6.45) is 1.20. The van der Waals surface area contributed by atoms with E-state index in [-0.39, 0.29) is 21.4 Å². The van der Waals surface area contributed by atoms with E-state index in [0.29, 0.717) is 18.2 Å². The quantitative estimate of drug-likeness (QED) is 0.406. The highest BCUT2D eigenvalue weighted by molar-refractivity contribution is 6.81. The van der Waals surface area contributed by atoms with E-state index in [1.165, 1.54) is 6.32 Å². The summed E-state index contributed by atoms with van der Waals surface area (Å²) < 4.78 is 0. The van der Waals surface area contributed by atoms with Crippen LogP contribution in [0.5, 0.6) is 0 Å². The van der Waals surface area contributed by atoms with Gasteiger partial charge in [0.25, 0.3) is 0 Å². The Hall–Kier alpha value is 0.220. The Morgan fingerprint density at radius 2 is 1.42 bits per heavy atom. The van der Waals surface area contributed by atoms with Crippen LogP contribution in [0.4, 0.5) is 0 Å². The third-order valence-electron chi connectivity index (χ3n) is 7.22. The van der Waals surface area contributed by atoms with E-state index >= 15 is 0 Å². The predicted molar refractivity (Wildman–Crippen MR) is 126 cm³/mol. The summed E-state index contributed by atoms with van der Waals surface area (Å²) in [6, 6.07) is 0. The summed E-state index contributed by atoms with van der Waals surface area (Å²) in [7, 11) is 13.7. The highest BCUT2D eigenvalue weighted by Gasteiger charge is 2.46. The highest BCUT2D eigenvalue weighted by atomic mass is 15.0. The Morgan fingerprint density at radius 1 is 0.962 bits per heavy atom. The maximum Gasteiger partial charge on any atom is 0.206 e. The molecule has 0 fully saturated rings. The second-order valence-electron chi connectivity index (χ2n) is 11.4. The zero-order chi connectivity index (χ0) is 21.1. The van der Waals surface area contributed by atoms with Crippen molar-refractivity contribution in [2.45, 2.75) is 111 Å². The van der Waals surface area contributed by atoms with Gasteiger partial charge in [-0.1, -0.05) is 111 Å². The molecule has 26 heavy (non-hydrogen) atoms. The Balaban J connectivity index is 5.20. The molecule has 0 heterocycles. The van der Waals surface area contributed by atoms with E-state index in [1.807, 2.05) is 0 Å². The van der Waals surface area contributed by atoms with E-state index in [9.17, 15) is 0 Å². The predicted octanol–water partition coefficient (Wildman–Crippen LogP) is 6.09. The molecule has 5 heteroatoms. The molecular formula is C21H45B4N. The van der Waals surface area contributed by atoms with Gasteiger partial charge in [0.1, 0.15) is 14.0 Å². The molecule has 0 aliphatic carbocycles. The molecule has 0 aromatic carbocycles. The highest BCUT2D eigenvalue weighted by Crippen LogP contribution is 2.54. The van der Waals surface area contributed by atoms with Crippen molar-refractivity contribution >= 4 is 29.3 Å². The summed E-state index contributed by atoms with van der Waals surface area (Å²) in [6.45, 7) is 29.3. The molecule has 0 spiro atoms. The SMILES string of the molecule is [B]C(C)(C)C(C)(C)C(C)(C)CN(C)[B]C(C)(C)B(CC)C(C)[B]C(C)C. The Kier molecular flexibility index (Phi) is 9.22. The first-order valence-corrected chi connectivity index (χ1v) is 10.6. The summed E-state index contributed by atoms with van der Waals surface area (Å²) >= 11 is 0. The van der Waals surface area contributed by atoms with Crippen molar-refractivity contribution in [3.05, 3.63) is 0 Å². The van der Waals surface area contributed by atoms with Crippen LogP contribution in [-0.4, -0.2) is 47.7 Å². The number of rotatable bonds is 11. The second-order valence-corrected chi connectivity index (χ2v) is 11.4. The molecule has 4 radical (unpaired) electrons. The Bertz CT molecular complexity index is 424. The Morgan fingerprint density at radius 3 is 1.77 bits per heavy atom. The number of hydrogen-bond acceptors (Lipinski definition) is 1. The lowest BCUT2D eigenvalue weighted by Crippen LogP contribution is -2.50. The zero-order valence-corrected chi connectivity index (χ0v) is 20.3. The van der Waals surface area contributed by atoms with Gasteiger partial charge in [-0.15, -0.1) is 0 Å². The first kappa shape index (κ1) is 26.2. The molecular weight excluding hydrogens is 309 g/mol. The van der Waals surface area contributed by atoms with Crippen LogP contribution >= 0.6 is 0 Å². The molecule has 146 valence electrons. The van der Waals surface area contributed by atoms with Crippen LogP contribution in [-0.2, 0) is 0 Å². The fraction of sp³-hybridized carbons (Fsp3) is 1.00. The summed E-state index contributed by atoms with van der Waals surface area (Å²) in [5.41, 5.74) is 0.742. The van der Waals surface area contributed by atoms with Crippen LogP contribution in [0.15, 0.2) is 0 Å². The number of nitrogens with zero attached hydrogens (tertiary/aromatic N) is 1. The molecule has 0 bridgehead atoms. The number of hydrogen-bond donors (Lipinski definition) is 0. The fourth-order valence-electron chi connectivity index (χ4n) is 4.72. The lowest BCUT2D eigenvalue weighted by Gasteiger charge is -2.53. The largest absolute Gasteiger partial charge is 0.349 e. The minimum absolute atomic E-state index is 0.0229. The molecule has 0 saturated heterocycles. The van der Waals surface area contributed by atoms with Crippen molar-refractivity contribution in [2.75, 3.05) is 13.6 Å². The van der Waals surface area contributed by atoms with E-state index in [0.717, 1.165) is 6.54 Å². The average molecular weight is 355 g/mol. The molecule has 0 N–H and O–H groups in total. The van der Waals surface area contributed by atoms with Gasteiger partial charge in [0.05, 0.1) is 7.85 Å². The van der Waals surface area contributed by atoms with Gasteiger partial charge in [0.2, 0.25) is 7.41 Å². The summed E-state index contributed by atoms with van der Waals surface area (Å²) in [5.74, 6) is 0.638. The van der Waals surface area contributed by atoms with Crippen molar-refractivity contribution in [3.8, 4) is 0 Å². The van der Waals surface area contributed by atoms with Crippen LogP contribution in [0, 0.1) is 10.8 Å². The van der Waals surface area contributed by atoms with E-state index in [2.05, 4.69) is 110 Å². The average Bonchev–Trinajstić information content (AvgIpc) is 2.34.